The van der Waals surface area contributed by atoms with Gasteiger partial charge < -0.3 is 5.32 Å². The van der Waals surface area contributed by atoms with E-state index in [1.807, 2.05) is 61.5 Å². The van der Waals surface area contributed by atoms with Crippen molar-refractivity contribution in [2.24, 2.45) is 0 Å². The van der Waals surface area contributed by atoms with E-state index in [0.29, 0.717) is 11.2 Å². The topological polar surface area (TPSA) is 81.3 Å². The molecule has 0 aliphatic carbocycles. The maximum atomic E-state index is 12.8. The number of carbonyl (C=O) groups is 1. The summed E-state index contributed by atoms with van der Waals surface area (Å²) in [5.41, 5.74) is 2.54. The molecule has 4 aromatic rings. The largest absolute Gasteiger partial charge is 0.348 e. The second kappa shape index (κ2) is 8.00. The number of nitrogens with one attached hydrogen (secondary N) is 1. The molecule has 29 heavy (non-hydrogen) atoms. The van der Waals surface area contributed by atoms with Crippen LogP contribution in [-0.2, 0) is 11.3 Å². The smallest absolute Gasteiger partial charge is 0.293 e. The second-order valence-corrected chi connectivity index (χ2v) is 7.58. The number of nitrogens with zero attached hydrogens (tertiary/aromatic N) is 4. The molecule has 0 bridgehead atoms. The van der Waals surface area contributed by atoms with Crippen LogP contribution in [0.4, 0.5) is 0 Å². The minimum Gasteiger partial charge on any atom is -0.348 e. The molecule has 8 heteroatoms. The molecular weight excluding hydrogens is 434 g/mol. The number of halogens is 1. The quantitative estimate of drug-likeness (QED) is 0.505. The average Bonchev–Trinajstić information content (AvgIpc) is 3.16. The molecule has 0 aliphatic heterocycles. The highest BCUT2D eigenvalue weighted by molar-refractivity contribution is 9.10. The number of hydrogen-bond donors (Lipinski definition) is 1. The lowest BCUT2D eigenvalue weighted by Gasteiger charge is -2.14. The Labute approximate surface area is 175 Å². The molecule has 1 atom stereocenters. The Kier molecular flexibility index (Phi) is 5.26. The van der Waals surface area contributed by atoms with Gasteiger partial charge >= 0.3 is 0 Å². The molecule has 0 saturated heterocycles. The van der Waals surface area contributed by atoms with Crippen molar-refractivity contribution in [1.82, 2.24) is 24.7 Å². The summed E-state index contributed by atoms with van der Waals surface area (Å²) in [6.45, 7) is 1.74. The fourth-order valence-corrected chi connectivity index (χ4v) is 3.32. The van der Waals surface area contributed by atoms with Crippen LogP contribution >= 0.6 is 15.9 Å². The lowest BCUT2D eigenvalue weighted by atomic mass is 10.1. The molecule has 2 aromatic carbocycles. The van der Waals surface area contributed by atoms with Crippen LogP contribution in [0.2, 0.25) is 0 Å². The van der Waals surface area contributed by atoms with E-state index in [1.54, 1.807) is 6.07 Å². The second-order valence-electron chi connectivity index (χ2n) is 6.66. The van der Waals surface area contributed by atoms with E-state index in [2.05, 4.69) is 31.4 Å². The molecule has 2 heterocycles. The Bertz CT molecular complexity index is 1220. The van der Waals surface area contributed by atoms with Gasteiger partial charge in [0.2, 0.25) is 5.91 Å². The molecule has 4 rings (SSSR count). The minimum absolute atomic E-state index is 0.161. The third kappa shape index (κ3) is 4.12. The Morgan fingerprint density at radius 2 is 1.86 bits per heavy atom. The van der Waals surface area contributed by atoms with Gasteiger partial charge in [-0.15, -0.1) is 0 Å². The number of amides is 1. The maximum Gasteiger partial charge on any atom is 0.293 e. The molecule has 1 amide bonds. The van der Waals surface area contributed by atoms with Gasteiger partial charge in [0.1, 0.15) is 18.4 Å². The Morgan fingerprint density at radius 3 is 2.59 bits per heavy atom. The van der Waals surface area contributed by atoms with Crippen molar-refractivity contribution in [2.75, 3.05) is 0 Å². The van der Waals surface area contributed by atoms with Crippen molar-refractivity contribution in [3.05, 3.63) is 87.4 Å². The van der Waals surface area contributed by atoms with Crippen LogP contribution in [0.3, 0.4) is 0 Å². The summed E-state index contributed by atoms with van der Waals surface area (Å²) in [7, 11) is 0. The number of rotatable bonds is 5. The summed E-state index contributed by atoms with van der Waals surface area (Å²) in [6, 6.07) is 18.8. The molecule has 7 nitrogen and oxygen atoms in total. The normalized spacial score (nSPS) is 12.1. The van der Waals surface area contributed by atoms with Gasteiger partial charge in [-0.3, -0.25) is 9.59 Å². The minimum atomic E-state index is -0.370. The van der Waals surface area contributed by atoms with E-state index in [0.717, 1.165) is 20.3 Å². The van der Waals surface area contributed by atoms with Crippen LogP contribution in [0.15, 0.2) is 76.3 Å². The fraction of sp³-hybridized carbons (Fsp3) is 0.143. The summed E-state index contributed by atoms with van der Waals surface area (Å²) in [5.74, 6) is -0.284. The molecule has 0 fully saturated rings. The molecule has 1 N–H and O–H groups in total. The summed E-state index contributed by atoms with van der Waals surface area (Å²) >= 11 is 3.40. The fourth-order valence-electron chi connectivity index (χ4n) is 3.06. The van der Waals surface area contributed by atoms with E-state index < -0.39 is 0 Å². The monoisotopic (exact) mass is 451 g/mol. The number of hydrogen-bond acceptors (Lipinski definition) is 4. The molecule has 0 aliphatic rings. The lowest BCUT2D eigenvalue weighted by Crippen LogP contribution is -2.35. The summed E-state index contributed by atoms with van der Waals surface area (Å²) in [4.78, 5) is 25.2. The van der Waals surface area contributed by atoms with Crippen LogP contribution in [0.1, 0.15) is 18.5 Å². The van der Waals surface area contributed by atoms with E-state index in [1.165, 1.54) is 10.8 Å². The first kappa shape index (κ1) is 19.1. The maximum absolute atomic E-state index is 12.8. The summed E-state index contributed by atoms with van der Waals surface area (Å²) < 4.78 is 3.54. The Morgan fingerprint density at radius 1 is 1.14 bits per heavy atom. The van der Waals surface area contributed by atoms with Gasteiger partial charge in [-0.1, -0.05) is 58.4 Å². The Hall–Kier alpha value is -3.26. The third-order valence-corrected chi connectivity index (χ3v) is 5.13. The van der Waals surface area contributed by atoms with Crippen molar-refractivity contribution in [3.8, 4) is 11.3 Å². The first-order valence-corrected chi connectivity index (χ1v) is 9.86. The highest BCUT2D eigenvalue weighted by Crippen LogP contribution is 2.20. The number of carbonyl (C=O) groups excluding carboxylic acids is 1. The molecule has 2 aromatic heterocycles. The SMILES string of the molecule is C[C@H](NC(=O)Cn1ncn2nc(-c3ccc(Br)cc3)cc2c1=O)c1ccccc1. The number of fused-ring (bicyclic) bond motifs is 1. The zero-order valence-corrected chi connectivity index (χ0v) is 17.2. The molecular formula is C21H18BrN5O2. The zero-order chi connectivity index (χ0) is 20.4. The first-order valence-electron chi connectivity index (χ1n) is 9.07. The van der Waals surface area contributed by atoms with Crippen molar-refractivity contribution >= 4 is 27.4 Å². The highest BCUT2D eigenvalue weighted by atomic mass is 79.9. The van der Waals surface area contributed by atoms with Gasteiger partial charge in [-0.05, 0) is 30.7 Å². The Balaban J connectivity index is 1.55. The number of aromatic nitrogens is 4. The predicted octanol–water partition coefficient (Wildman–Crippen LogP) is 3.20. The van der Waals surface area contributed by atoms with Crippen molar-refractivity contribution < 1.29 is 4.79 Å². The van der Waals surface area contributed by atoms with Crippen LogP contribution < -0.4 is 10.9 Å². The van der Waals surface area contributed by atoms with Crippen molar-refractivity contribution in [2.45, 2.75) is 19.5 Å². The molecule has 146 valence electrons. The van der Waals surface area contributed by atoms with Gasteiger partial charge in [0.15, 0.2) is 0 Å². The van der Waals surface area contributed by atoms with E-state index in [4.69, 9.17) is 0 Å². The van der Waals surface area contributed by atoms with E-state index >= 15 is 0 Å². The summed E-state index contributed by atoms with van der Waals surface area (Å²) in [6.07, 6.45) is 1.44. The van der Waals surface area contributed by atoms with E-state index in [-0.39, 0.29) is 24.1 Å². The molecule has 0 radical (unpaired) electrons. The molecule has 0 saturated carbocycles. The van der Waals surface area contributed by atoms with Gasteiger partial charge in [0.05, 0.1) is 11.7 Å². The number of benzene rings is 2. The highest BCUT2D eigenvalue weighted by Gasteiger charge is 2.14. The third-order valence-electron chi connectivity index (χ3n) is 4.60. The standard InChI is InChI=1S/C21H18BrN5O2/c1-14(15-5-3-2-4-6-15)24-20(28)12-26-21(29)19-11-18(25-27(19)13-23-26)16-7-9-17(22)10-8-16/h2-11,13-14H,12H2,1H3,(H,24,28)/t14-/m0/s1. The van der Waals surface area contributed by atoms with Crippen molar-refractivity contribution in [1.29, 1.82) is 0 Å². The summed E-state index contributed by atoms with van der Waals surface area (Å²) in [5, 5.41) is 11.4. The van der Waals surface area contributed by atoms with Gasteiger partial charge in [-0.2, -0.15) is 10.2 Å². The van der Waals surface area contributed by atoms with Gasteiger partial charge in [0.25, 0.3) is 5.56 Å². The van der Waals surface area contributed by atoms with Gasteiger partial charge in [0, 0.05) is 10.0 Å². The van der Waals surface area contributed by atoms with Crippen LogP contribution in [-0.4, -0.2) is 25.3 Å². The zero-order valence-electron chi connectivity index (χ0n) is 15.6. The van der Waals surface area contributed by atoms with Crippen LogP contribution in [0.5, 0.6) is 0 Å². The average molecular weight is 452 g/mol. The van der Waals surface area contributed by atoms with E-state index in [9.17, 15) is 9.59 Å². The van der Waals surface area contributed by atoms with Crippen molar-refractivity contribution in [3.63, 3.8) is 0 Å². The van der Waals surface area contributed by atoms with Gasteiger partial charge in [-0.25, -0.2) is 9.20 Å². The molecule has 0 spiro atoms. The van der Waals surface area contributed by atoms with Crippen LogP contribution in [0, 0.1) is 0 Å². The molecule has 0 unspecified atom stereocenters. The first-order chi connectivity index (χ1) is 14.0. The van der Waals surface area contributed by atoms with Crippen LogP contribution in [0.25, 0.3) is 16.8 Å². The lowest BCUT2D eigenvalue weighted by molar-refractivity contribution is -0.122. The predicted molar refractivity (Wildman–Crippen MR) is 113 cm³/mol.